The van der Waals surface area contributed by atoms with Crippen molar-refractivity contribution in [3.8, 4) is 11.3 Å². The fourth-order valence-electron chi connectivity index (χ4n) is 7.69. The summed E-state index contributed by atoms with van der Waals surface area (Å²) in [5.41, 5.74) is 3.86. The molecule has 0 aliphatic rings. The van der Waals surface area contributed by atoms with Crippen LogP contribution in [0.15, 0.2) is 48.5 Å². The molecular weight excluding hydrogens is 836 g/mol. The van der Waals surface area contributed by atoms with Crippen LogP contribution in [0.2, 0.25) is 18.1 Å². The van der Waals surface area contributed by atoms with Gasteiger partial charge in [0, 0.05) is 48.4 Å². The first-order valence-corrected chi connectivity index (χ1v) is 21.9. The van der Waals surface area contributed by atoms with Gasteiger partial charge in [0.15, 0.2) is 5.78 Å². The minimum Gasteiger partial charge on any atom is -0.512 e. The fourth-order valence-corrected chi connectivity index (χ4v) is 17.3. The Morgan fingerprint density at radius 2 is 1.44 bits per heavy atom. The van der Waals surface area contributed by atoms with Gasteiger partial charge in [-0.15, -0.1) is 28.9 Å². The Bertz CT molecular complexity index is 1680. The van der Waals surface area contributed by atoms with Crippen molar-refractivity contribution in [2.75, 3.05) is 0 Å². The Morgan fingerprint density at radius 1 is 0.900 bits per heavy atom. The number of ketones is 1. The number of aliphatic hydroxyl groups excluding tert-OH is 1. The molecule has 4 nitrogen and oxygen atoms in total. The quantitative estimate of drug-likeness (QED) is 0.0559. The monoisotopic (exact) mass is 896 g/mol. The maximum atomic E-state index is 15.0. The minimum atomic E-state index is -1.80. The zero-order chi connectivity index (χ0) is 36.5. The zero-order valence-corrected chi connectivity index (χ0v) is 36.5. The van der Waals surface area contributed by atoms with Crippen molar-refractivity contribution in [1.29, 1.82) is 0 Å². The summed E-state index contributed by atoms with van der Waals surface area (Å²) >= 11 is 1.88. The number of halogens is 1. The first kappa shape index (κ1) is 43.9. The number of aromatic nitrogens is 2. The third kappa shape index (κ3) is 10.9. The molecular formula is C42H60FIrN2O2SSi-. The summed E-state index contributed by atoms with van der Waals surface area (Å²) in [6.45, 7) is 24.5. The average Bonchev–Trinajstić information content (AvgIpc) is 3.38. The van der Waals surface area contributed by atoms with E-state index in [9.17, 15) is 14.3 Å². The van der Waals surface area contributed by atoms with Crippen molar-refractivity contribution in [3.63, 3.8) is 0 Å². The van der Waals surface area contributed by atoms with Crippen LogP contribution in [0.5, 0.6) is 0 Å². The van der Waals surface area contributed by atoms with Crippen LogP contribution in [0.4, 0.5) is 4.39 Å². The van der Waals surface area contributed by atoms with Crippen LogP contribution in [0.25, 0.3) is 32.2 Å². The first-order valence-electron chi connectivity index (χ1n) is 18.5. The topological polar surface area (TPSA) is 63.1 Å². The van der Waals surface area contributed by atoms with Crippen LogP contribution in [0.3, 0.4) is 0 Å². The number of nitrogens with zero attached hydrogens (tertiary/aromatic N) is 2. The van der Waals surface area contributed by atoms with Gasteiger partial charge in [0.25, 0.3) is 0 Å². The van der Waals surface area contributed by atoms with Crippen LogP contribution in [-0.4, -0.2) is 28.9 Å². The molecule has 0 saturated heterocycles. The van der Waals surface area contributed by atoms with Crippen molar-refractivity contribution in [1.82, 2.24) is 9.97 Å². The summed E-state index contributed by atoms with van der Waals surface area (Å²) < 4.78 is 17.6. The summed E-state index contributed by atoms with van der Waals surface area (Å²) in [4.78, 5) is 21.1. The van der Waals surface area contributed by atoms with E-state index in [1.165, 1.54) is 29.8 Å². The summed E-state index contributed by atoms with van der Waals surface area (Å²) in [5, 5.41) is 11.1. The number of aliphatic hydroxyl groups is 1. The predicted octanol–water partition coefficient (Wildman–Crippen LogP) is 12.3. The summed E-state index contributed by atoms with van der Waals surface area (Å²) in [6, 6.07) is 16.4. The van der Waals surface area contributed by atoms with Crippen molar-refractivity contribution in [2.45, 2.75) is 120 Å². The van der Waals surface area contributed by atoms with Gasteiger partial charge >= 0.3 is 0 Å². The number of thiophene rings is 1. The fraction of sp³-hybridized carbons (Fsp3) is 0.548. The molecule has 4 rings (SSSR count). The normalized spacial score (nSPS) is 12.4. The second-order valence-electron chi connectivity index (χ2n) is 15.1. The second-order valence-corrected chi connectivity index (χ2v) is 20.8. The van der Waals surface area contributed by atoms with Gasteiger partial charge in [-0.05, 0) is 60.4 Å². The van der Waals surface area contributed by atoms with E-state index in [1.54, 1.807) is 23.0 Å². The Morgan fingerprint density at radius 3 is 1.96 bits per heavy atom. The molecule has 0 atom stereocenters. The van der Waals surface area contributed by atoms with E-state index in [2.05, 4.69) is 59.5 Å². The van der Waals surface area contributed by atoms with E-state index < -0.39 is 8.07 Å². The molecule has 2 heterocycles. The smallest absolute Gasteiger partial charge is 0.162 e. The molecule has 0 unspecified atom stereocenters. The van der Waals surface area contributed by atoms with Gasteiger partial charge in [-0.1, -0.05) is 123 Å². The van der Waals surface area contributed by atoms with E-state index in [-0.39, 0.29) is 49.3 Å². The SMILES string of the molecule is CCC(CC)C(=O)/C=C(\O)C(CC)CC.Cc1c([Si](CC(C)C)(CC(C)C)CC(C)C)sc2c(-c3[c-]c4ccccc4c(F)c3)ncnc12.[Ir]. The van der Waals surface area contributed by atoms with E-state index in [1.807, 2.05) is 57.2 Å². The molecule has 1 N–H and O–H groups in total. The third-order valence-corrected chi connectivity index (χ3v) is 18.5. The molecule has 0 bridgehead atoms. The van der Waals surface area contributed by atoms with Crippen molar-refractivity contribution >= 4 is 50.7 Å². The standard InChI is InChI=1S/C29H36FN2SSi.C13H24O2.Ir/c1-18(2)14-34(15-19(3)4,16-20(5)6)29-21(7)26-28(33-29)27(32-17-31-26)23-12-22-10-8-9-11-24(22)25(30)13-23;1-5-10(6-2)12(14)9-13(15)11(7-3)8-4;/h8-11,13,17-20H,14-16H2,1-7H3;9-11,14H,5-8H2,1-4H3;/q-1;;/b;12-9-;. The number of hydrogen-bond donors (Lipinski definition) is 1. The number of carbonyl (C=O) groups excluding carboxylic acids is 1. The summed E-state index contributed by atoms with van der Waals surface area (Å²) in [6.07, 6.45) is 6.54. The van der Waals surface area contributed by atoms with Gasteiger partial charge < -0.3 is 5.11 Å². The molecule has 0 aliphatic heterocycles. The molecule has 8 heteroatoms. The van der Waals surface area contributed by atoms with Crippen LogP contribution < -0.4 is 4.50 Å². The predicted molar refractivity (Wildman–Crippen MR) is 212 cm³/mol. The van der Waals surface area contributed by atoms with E-state index in [4.69, 9.17) is 4.98 Å². The molecule has 0 aliphatic carbocycles. The molecule has 1 radical (unpaired) electrons. The number of aryl methyl sites for hydroxylation is 1. The largest absolute Gasteiger partial charge is 0.512 e. The van der Waals surface area contributed by atoms with Gasteiger partial charge in [-0.25, -0.2) is 9.37 Å². The Balaban J connectivity index is 0.000000461. The summed E-state index contributed by atoms with van der Waals surface area (Å²) in [7, 11) is -1.80. The number of carbonyl (C=O) groups is 1. The van der Waals surface area contributed by atoms with Gasteiger partial charge in [0.2, 0.25) is 0 Å². The Hall–Kier alpha value is -2.25. The number of benzene rings is 2. The molecule has 4 aromatic rings. The molecule has 2 aromatic heterocycles. The second kappa shape index (κ2) is 20.1. The average molecular weight is 896 g/mol. The molecule has 0 fully saturated rings. The molecule has 0 amide bonds. The Labute approximate surface area is 320 Å². The Kier molecular flexibility index (Phi) is 17.7. The van der Waals surface area contributed by atoms with E-state index in [0.717, 1.165) is 47.0 Å². The number of rotatable bonds is 15. The molecule has 50 heavy (non-hydrogen) atoms. The van der Waals surface area contributed by atoms with Crippen molar-refractivity contribution < 1.29 is 34.4 Å². The van der Waals surface area contributed by atoms with Gasteiger partial charge in [0.05, 0.1) is 17.1 Å². The molecule has 0 spiro atoms. The van der Waals surface area contributed by atoms with Crippen LogP contribution in [0, 0.1) is 48.4 Å². The number of allylic oxidation sites excluding steroid dienone is 2. The van der Waals surface area contributed by atoms with Crippen LogP contribution in [0.1, 0.15) is 100 Å². The van der Waals surface area contributed by atoms with E-state index in [0.29, 0.717) is 28.7 Å². The molecule has 277 valence electrons. The van der Waals surface area contributed by atoms with Crippen LogP contribution >= 0.6 is 11.3 Å². The van der Waals surface area contributed by atoms with Gasteiger partial charge in [0.1, 0.15) is 14.4 Å². The van der Waals surface area contributed by atoms with Crippen molar-refractivity contribution in [3.05, 3.63) is 65.9 Å². The molecule has 2 aromatic carbocycles. The van der Waals surface area contributed by atoms with Gasteiger partial charge in [-0.3, -0.25) is 9.78 Å². The maximum absolute atomic E-state index is 15.0. The van der Waals surface area contributed by atoms with E-state index >= 15 is 0 Å². The maximum Gasteiger partial charge on any atom is 0.162 e. The molecule has 0 saturated carbocycles. The summed E-state index contributed by atoms with van der Waals surface area (Å²) in [5.74, 6) is 2.28. The van der Waals surface area contributed by atoms with Crippen LogP contribution in [-0.2, 0) is 24.9 Å². The minimum absolute atomic E-state index is 0. The number of fused-ring (bicyclic) bond motifs is 2. The van der Waals surface area contributed by atoms with Gasteiger partial charge in [-0.2, -0.15) is 0 Å². The third-order valence-electron chi connectivity index (χ3n) is 9.64. The zero-order valence-electron chi connectivity index (χ0n) is 32.2. The van der Waals surface area contributed by atoms with Crippen molar-refractivity contribution in [2.24, 2.45) is 29.6 Å². The first-order chi connectivity index (χ1) is 23.2. The number of hydrogen-bond acceptors (Lipinski definition) is 5.